The highest BCUT2D eigenvalue weighted by Crippen LogP contribution is 2.49. The van der Waals surface area contributed by atoms with Crippen LogP contribution in [0.3, 0.4) is 0 Å². The second-order valence-corrected chi connectivity index (χ2v) is 10.6. The fourth-order valence-electron chi connectivity index (χ4n) is 5.65. The molecule has 3 atom stereocenters. The number of anilines is 3. The lowest BCUT2D eigenvalue weighted by atomic mass is 9.86. The Bertz CT molecular complexity index is 1650. The average Bonchev–Trinajstić information content (AvgIpc) is 3.56. The molecule has 7 rings (SSSR count). The first-order valence-corrected chi connectivity index (χ1v) is 14.1. The third kappa shape index (κ3) is 4.17. The minimum Gasteiger partial charge on any atom is -0.494 e. The average molecular weight is 596 g/mol. The van der Waals surface area contributed by atoms with Crippen molar-refractivity contribution in [3.63, 3.8) is 0 Å². The number of hydrogen-bond acceptors (Lipinski definition) is 8. The van der Waals surface area contributed by atoms with Crippen molar-refractivity contribution >= 4 is 56.1 Å². The number of aliphatic imine (C=N–C) groups is 2. The first-order chi connectivity index (χ1) is 19.6. The van der Waals surface area contributed by atoms with E-state index < -0.39 is 0 Å². The smallest absolute Gasteiger partial charge is 0.174 e. The van der Waals surface area contributed by atoms with Crippen molar-refractivity contribution in [1.82, 2.24) is 0 Å². The molecule has 0 fully saturated rings. The number of para-hydroxylation sites is 3. The van der Waals surface area contributed by atoms with Crippen LogP contribution in [0.25, 0.3) is 0 Å². The van der Waals surface area contributed by atoms with Crippen molar-refractivity contribution in [1.29, 1.82) is 0 Å². The SMILES string of the molecule is CCOc1ccc(NC2=Nc3ccccc3N3C2=N[C@H]2[C@@H](C(C)=NN2c2ccccc2)[C@@H]3c2ccc(Br)o2)cc1. The molecule has 0 aliphatic carbocycles. The van der Waals surface area contributed by atoms with Crippen LogP contribution in [0, 0.1) is 5.92 Å². The molecule has 0 bridgehead atoms. The topological polar surface area (TPSA) is 78.0 Å². The Balaban J connectivity index is 1.39. The van der Waals surface area contributed by atoms with Gasteiger partial charge in [0.25, 0.3) is 0 Å². The molecule has 9 heteroatoms. The highest BCUT2D eigenvalue weighted by molar-refractivity contribution is 9.10. The number of ether oxygens (including phenoxy) is 1. The molecule has 200 valence electrons. The Kier molecular flexibility index (Phi) is 6.15. The van der Waals surface area contributed by atoms with Crippen LogP contribution in [0.1, 0.15) is 25.6 Å². The fourth-order valence-corrected chi connectivity index (χ4v) is 5.97. The maximum Gasteiger partial charge on any atom is 0.174 e. The maximum absolute atomic E-state index is 6.25. The minimum atomic E-state index is -0.278. The number of rotatable bonds is 5. The highest BCUT2D eigenvalue weighted by Gasteiger charge is 2.51. The van der Waals surface area contributed by atoms with Crippen molar-refractivity contribution < 1.29 is 9.15 Å². The third-order valence-electron chi connectivity index (χ3n) is 7.34. The van der Waals surface area contributed by atoms with E-state index in [1.165, 1.54) is 0 Å². The molecular weight excluding hydrogens is 568 g/mol. The van der Waals surface area contributed by atoms with Gasteiger partial charge in [0.1, 0.15) is 17.6 Å². The Morgan fingerprint density at radius 3 is 2.48 bits per heavy atom. The summed E-state index contributed by atoms with van der Waals surface area (Å²) in [6, 6.07) is 30.0. The van der Waals surface area contributed by atoms with Crippen LogP contribution >= 0.6 is 15.9 Å². The van der Waals surface area contributed by atoms with Crippen LogP contribution in [0.4, 0.5) is 22.7 Å². The lowest BCUT2D eigenvalue weighted by Crippen LogP contribution is -2.54. The summed E-state index contributed by atoms with van der Waals surface area (Å²) < 4.78 is 12.6. The number of furan rings is 1. The van der Waals surface area contributed by atoms with Crippen molar-refractivity contribution in [3.8, 4) is 5.75 Å². The van der Waals surface area contributed by atoms with E-state index in [1.807, 2.05) is 84.7 Å². The number of nitrogens with one attached hydrogen (secondary N) is 1. The van der Waals surface area contributed by atoms with E-state index in [0.29, 0.717) is 17.1 Å². The van der Waals surface area contributed by atoms with E-state index in [0.717, 1.165) is 45.8 Å². The molecule has 40 heavy (non-hydrogen) atoms. The lowest BCUT2D eigenvalue weighted by Gasteiger charge is -2.45. The summed E-state index contributed by atoms with van der Waals surface area (Å²) in [6.45, 7) is 4.67. The Hall–Kier alpha value is -4.37. The molecule has 3 aliphatic rings. The Labute approximate surface area is 240 Å². The van der Waals surface area contributed by atoms with Gasteiger partial charge in [0.2, 0.25) is 0 Å². The van der Waals surface area contributed by atoms with E-state index >= 15 is 0 Å². The van der Waals surface area contributed by atoms with Crippen LogP contribution in [0.15, 0.2) is 115 Å². The largest absolute Gasteiger partial charge is 0.494 e. The number of amidine groups is 2. The number of hydrogen-bond donors (Lipinski definition) is 1. The number of fused-ring (bicyclic) bond motifs is 4. The molecule has 4 aromatic rings. The second-order valence-electron chi connectivity index (χ2n) is 9.80. The van der Waals surface area contributed by atoms with Gasteiger partial charge in [-0.1, -0.05) is 30.3 Å². The maximum atomic E-state index is 6.25. The number of benzene rings is 3. The first-order valence-electron chi connectivity index (χ1n) is 13.3. The van der Waals surface area contributed by atoms with Crippen molar-refractivity contribution in [3.05, 3.63) is 101 Å². The quantitative estimate of drug-likeness (QED) is 0.260. The highest BCUT2D eigenvalue weighted by atomic mass is 79.9. The molecule has 3 aliphatic heterocycles. The molecule has 0 radical (unpaired) electrons. The van der Waals surface area contributed by atoms with Gasteiger partial charge in [0.05, 0.1) is 29.6 Å². The zero-order chi connectivity index (χ0) is 27.2. The number of halogens is 1. The number of nitrogens with zero attached hydrogens (tertiary/aromatic N) is 5. The van der Waals surface area contributed by atoms with Gasteiger partial charge < -0.3 is 19.4 Å². The van der Waals surface area contributed by atoms with E-state index in [9.17, 15) is 0 Å². The van der Waals surface area contributed by atoms with Crippen molar-refractivity contribution in [2.45, 2.75) is 26.1 Å². The molecule has 1 aromatic heterocycles. The Morgan fingerprint density at radius 2 is 1.73 bits per heavy atom. The van der Waals surface area contributed by atoms with Gasteiger partial charge in [0, 0.05) is 11.4 Å². The molecule has 3 aromatic carbocycles. The van der Waals surface area contributed by atoms with Crippen molar-refractivity contribution in [2.75, 3.05) is 21.8 Å². The molecule has 0 spiro atoms. The summed E-state index contributed by atoms with van der Waals surface area (Å²) in [7, 11) is 0. The third-order valence-corrected chi connectivity index (χ3v) is 7.77. The molecule has 1 N–H and O–H groups in total. The van der Waals surface area contributed by atoms with Crippen LogP contribution < -0.4 is 20.0 Å². The first kappa shape index (κ1) is 24.7. The predicted octanol–water partition coefficient (Wildman–Crippen LogP) is 7.39. The summed E-state index contributed by atoms with van der Waals surface area (Å²) in [4.78, 5) is 12.7. The van der Waals surface area contributed by atoms with Gasteiger partial charge in [-0.3, -0.25) is 0 Å². The van der Waals surface area contributed by atoms with E-state index in [-0.39, 0.29) is 18.1 Å². The molecule has 0 amide bonds. The van der Waals surface area contributed by atoms with Gasteiger partial charge in [-0.2, -0.15) is 5.10 Å². The monoisotopic (exact) mass is 594 g/mol. The fraction of sp³-hybridized carbons (Fsp3) is 0.194. The molecular formula is C31H27BrN6O2. The Morgan fingerprint density at radius 1 is 0.950 bits per heavy atom. The van der Waals surface area contributed by atoms with Gasteiger partial charge in [-0.25, -0.2) is 15.0 Å². The van der Waals surface area contributed by atoms with Crippen LogP contribution in [0.5, 0.6) is 5.75 Å². The summed E-state index contributed by atoms with van der Waals surface area (Å²) in [5.74, 6) is 2.99. The summed E-state index contributed by atoms with van der Waals surface area (Å²) in [5, 5.41) is 10.6. The van der Waals surface area contributed by atoms with Gasteiger partial charge >= 0.3 is 0 Å². The number of hydrazone groups is 1. The van der Waals surface area contributed by atoms with E-state index in [4.69, 9.17) is 24.2 Å². The van der Waals surface area contributed by atoms with Crippen LogP contribution in [-0.2, 0) is 0 Å². The van der Waals surface area contributed by atoms with Crippen LogP contribution in [0.2, 0.25) is 0 Å². The molecule has 0 unspecified atom stereocenters. The molecule has 8 nitrogen and oxygen atoms in total. The lowest BCUT2D eigenvalue weighted by molar-refractivity contribution is 0.340. The standard InChI is InChI=1S/C31H27BrN6O2/c1-3-39-22-15-13-20(14-16-22)33-29-31-35-30-27(19(2)36-38(30)21-9-5-4-6-10-21)28(25-17-18-26(32)40-25)37(31)24-12-8-7-11-23(24)34-29/h4-18,27-28,30H,3H2,1-2H3,(H,33,34)/t27-,28-,30+/m0/s1. The van der Waals surface area contributed by atoms with Crippen molar-refractivity contribution in [2.24, 2.45) is 21.0 Å². The van der Waals surface area contributed by atoms with Gasteiger partial charge in [0.15, 0.2) is 22.5 Å². The van der Waals surface area contributed by atoms with E-state index in [2.05, 4.69) is 51.3 Å². The zero-order valence-corrected chi connectivity index (χ0v) is 23.6. The predicted molar refractivity (Wildman–Crippen MR) is 163 cm³/mol. The minimum absolute atomic E-state index is 0.0557. The second kappa shape index (κ2) is 9.98. The van der Waals surface area contributed by atoms with E-state index in [1.54, 1.807) is 0 Å². The molecule has 0 saturated heterocycles. The summed E-state index contributed by atoms with van der Waals surface area (Å²) in [5.41, 5.74) is 4.70. The zero-order valence-electron chi connectivity index (χ0n) is 22.0. The summed E-state index contributed by atoms with van der Waals surface area (Å²) in [6.07, 6.45) is -0.278. The summed E-state index contributed by atoms with van der Waals surface area (Å²) >= 11 is 3.53. The van der Waals surface area contributed by atoms with Gasteiger partial charge in [-0.05, 0) is 90.4 Å². The van der Waals surface area contributed by atoms with Crippen LogP contribution in [-0.4, -0.2) is 30.2 Å². The molecule has 0 saturated carbocycles. The normalized spacial score (nSPS) is 21.1. The van der Waals surface area contributed by atoms with Gasteiger partial charge in [-0.15, -0.1) is 0 Å². The molecule has 4 heterocycles.